The molecule has 0 aromatic carbocycles. The van der Waals surface area contributed by atoms with Gasteiger partial charge in [0, 0.05) is 69.0 Å². The summed E-state index contributed by atoms with van der Waals surface area (Å²) >= 11 is 0. The highest BCUT2D eigenvalue weighted by Gasteiger charge is 2.33. The number of fused-ring (bicyclic) bond motifs is 3. The lowest BCUT2D eigenvalue weighted by atomic mass is 10.0. The van der Waals surface area contributed by atoms with Gasteiger partial charge in [0.25, 0.3) is 11.5 Å². The first-order valence-electron chi connectivity index (χ1n) is 15.6. The normalized spacial score (nSPS) is 14.2. The predicted octanol–water partition coefficient (Wildman–Crippen LogP) is 3.26. The quantitative estimate of drug-likeness (QED) is 0.251. The molecule has 6 rings (SSSR count). The first-order chi connectivity index (χ1) is 21.8. The summed E-state index contributed by atoms with van der Waals surface area (Å²) in [4.78, 5) is 41.6. The van der Waals surface area contributed by atoms with Crippen LogP contribution in [0.25, 0.3) is 11.1 Å². The minimum atomic E-state index is -0.317. The SMILES string of the molecule is [B]N(CC)CCN(CC)c1ccc(Nc2cc(-c3ccnc(N4CCn5c(cc6c5CCC6)C4=O)c3CO)cn(C)c2=O)nc1. The van der Waals surface area contributed by atoms with Crippen molar-refractivity contribution in [1.29, 1.82) is 0 Å². The Bertz CT molecular complexity index is 1770. The molecule has 0 saturated carbocycles. The van der Waals surface area contributed by atoms with E-state index in [1.807, 2.05) is 25.1 Å². The van der Waals surface area contributed by atoms with Crippen LogP contribution in [0.5, 0.6) is 0 Å². The molecule has 4 aromatic rings. The van der Waals surface area contributed by atoms with Crippen molar-refractivity contribution in [2.75, 3.05) is 47.8 Å². The maximum absolute atomic E-state index is 13.7. The number of amides is 1. The Morgan fingerprint density at radius 3 is 2.62 bits per heavy atom. The van der Waals surface area contributed by atoms with Gasteiger partial charge in [-0.1, -0.05) is 6.92 Å². The maximum Gasteiger partial charge on any atom is 0.276 e. The molecule has 45 heavy (non-hydrogen) atoms. The van der Waals surface area contributed by atoms with E-state index < -0.39 is 0 Å². The molecule has 1 aliphatic heterocycles. The summed E-state index contributed by atoms with van der Waals surface area (Å²) in [5, 5.41) is 13.8. The highest BCUT2D eigenvalue weighted by atomic mass is 16.3. The van der Waals surface area contributed by atoms with Crippen molar-refractivity contribution in [3.05, 3.63) is 81.8 Å². The maximum atomic E-state index is 13.7. The number of aryl methyl sites for hydroxylation is 2. The number of nitrogens with one attached hydrogen (secondary N) is 1. The van der Waals surface area contributed by atoms with Crippen molar-refractivity contribution in [1.82, 2.24) is 23.9 Å². The average molecular weight is 607 g/mol. The standard InChI is InChI=1S/C33H39BN8O3/c1-4-39(13-14-40(34)5-2)24-9-10-30(36-19-24)37-27-17-23(20-38(3)32(27)44)25-11-12-35-31(26(25)21-43)42-16-15-41-28-8-6-7-22(28)18-29(41)33(42)45/h9-12,17-20,43H,4-8,13-16,21H2,1-3H3,(H,36,37). The van der Waals surface area contributed by atoms with E-state index >= 15 is 0 Å². The van der Waals surface area contributed by atoms with Crippen LogP contribution in [-0.2, 0) is 33.0 Å². The first kappa shape index (κ1) is 30.6. The molecule has 2 N–H and O–H groups in total. The van der Waals surface area contributed by atoms with Crippen molar-refractivity contribution in [3.8, 4) is 11.1 Å². The number of carbonyl (C=O) groups excluding carboxylic acids is 1. The number of hydrogen-bond donors (Lipinski definition) is 2. The fourth-order valence-corrected chi connectivity index (χ4v) is 6.43. The lowest BCUT2D eigenvalue weighted by Crippen LogP contribution is -2.41. The molecule has 2 aliphatic rings. The molecular formula is C33H39BN8O3. The number of nitrogens with zero attached hydrogens (tertiary/aromatic N) is 7. The molecule has 0 saturated heterocycles. The Kier molecular flexibility index (Phi) is 8.77. The number of aliphatic hydroxyl groups excluding tert-OH is 1. The zero-order chi connectivity index (χ0) is 31.7. The minimum Gasteiger partial charge on any atom is -0.392 e. The number of likely N-dealkylation sites (N-methyl/N-ethyl adjacent to an activating group) is 2. The van der Waals surface area contributed by atoms with Gasteiger partial charge in [0.05, 0.1) is 18.5 Å². The van der Waals surface area contributed by atoms with Crippen LogP contribution in [0, 0.1) is 0 Å². The van der Waals surface area contributed by atoms with E-state index in [9.17, 15) is 14.7 Å². The van der Waals surface area contributed by atoms with Crippen LogP contribution in [0.2, 0.25) is 0 Å². The summed E-state index contributed by atoms with van der Waals surface area (Å²) in [6.45, 7) is 8.05. The highest BCUT2D eigenvalue weighted by Crippen LogP contribution is 2.34. The van der Waals surface area contributed by atoms with Crippen molar-refractivity contribution in [2.24, 2.45) is 7.05 Å². The largest absolute Gasteiger partial charge is 0.392 e. The van der Waals surface area contributed by atoms with Crippen LogP contribution in [0.1, 0.15) is 47.6 Å². The third kappa shape index (κ3) is 5.87. The third-order valence-corrected chi connectivity index (χ3v) is 8.93. The predicted molar refractivity (Wildman–Crippen MR) is 177 cm³/mol. The van der Waals surface area contributed by atoms with Gasteiger partial charge < -0.3 is 29.3 Å². The summed E-state index contributed by atoms with van der Waals surface area (Å²) in [6, 6.07) is 9.40. The molecule has 0 fully saturated rings. The van der Waals surface area contributed by atoms with E-state index in [-0.39, 0.29) is 18.1 Å². The Balaban J connectivity index is 1.27. The van der Waals surface area contributed by atoms with Gasteiger partial charge in [-0.3, -0.25) is 14.5 Å². The molecule has 4 aromatic heterocycles. The molecule has 0 unspecified atom stereocenters. The van der Waals surface area contributed by atoms with E-state index in [1.165, 1.54) is 15.8 Å². The second-order valence-electron chi connectivity index (χ2n) is 11.6. The fraction of sp³-hybridized carbons (Fsp3) is 0.394. The number of rotatable bonds is 11. The van der Waals surface area contributed by atoms with Crippen LogP contribution in [0.15, 0.2) is 53.7 Å². The molecule has 11 nitrogen and oxygen atoms in total. The monoisotopic (exact) mass is 606 g/mol. The van der Waals surface area contributed by atoms with Gasteiger partial charge in [-0.15, -0.1) is 0 Å². The number of anilines is 4. The molecule has 0 bridgehead atoms. The molecule has 1 amide bonds. The van der Waals surface area contributed by atoms with Crippen LogP contribution in [0.3, 0.4) is 0 Å². The lowest BCUT2D eigenvalue weighted by molar-refractivity contribution is 0.0963. The van der Waals surface area contributed by atoms with Gasteiger partial charge in [0.1, 0.15) is 23.0 Å². The van der Waals surface area contributed by atoms with Crippen molar-refractivity contribution in [3.63, 3.8) is 0 Å². The molecule has 0 atom stereocenters. The number of aromatic nitrogens is 4. The summed E-state index contributed by atoms with van der Waals surface area (Å²) in [5.41, 5.74) is 6.23. The van der Waals surface area contributed by atoms with Crippen LogP contribution in [-0.4, -0.2) is 75.6 Å². The van der Waals surface area contributed by atoms with Crippen molar-refractivity contribution >= 4 is 36.9 Å². The van der Waals surface area contributed by atoms with Crippen LogP contribution in [0.4, 0.5) is 23.0 Å². The highest BCUT2D eigenvalue weighted by molar-refractivity contribution is 6.06. The molecule has 1 aliphatic carbocycles. The van der Waals surface area contributed by atoms with Crippen LogP contribution >= 0.6 is 0 Å². The molecular weight excluding hydrogens is 567 g/mol. The number of aliphatic hydroxyl groups is 1. The third-order valence-electron chi connectivity index (χ3n) is 8.93. The van der Waals surface area contributed by atoms with E-state index in [1.54, 1.807) is 47.5 Å². The van der Waals surface area contributed by atoms with Crippen molar-refractivity contribution < 1.29 is 9.90 Å². The summed E-state index contributed by atoms with van der Waals surface area (Å²) in [5.74, 6) is 0.856. The molecule has 2 radical (unpaired) electrons. The fourth-order valence-electron chi connectivity index (χ4n) is 6.43. The Morgan fingerprint density at radius 2 is 1.89 bits per heavy atom. The Morgan fingerprint density at radius 1 is 1.04 bits per heavy atom. The Hall–Kier alpha value is -4.42. The zero-order valence-electron chi connectivity index (χ0n) is 26.2. The second-order valence-corrected chi connectivity index (χ2v) is 11.6. The van der Waals surface area contributed by atoms with Gasteiger partial charge in [-0.05, 0) is 74.2 Å². The van der Waals surface area contributed by atoms with Gasteiger partial charge in [-0.2, -0.15) is 0 Å². The molecule has 12 heteroatoms. The molecule has 0 spiro atoms. The second kappa shape index (κ2) is 12.9. The van der Waals surface area contributed by atoms with E-state index in [4.69, 9.17) is 7.98 Å². The van der Waals surface area contributed by atoms with E-state index in [0.717, 1.165) is 51.1 Å². The lowest BCUT2D eigenvalue weighted by Gasteiger charge is -2.30. The van der Waals surface area contributed by atoms with Gasteiger partial charge >= 0.3 is 0 Å². The molecule has 5 heterocycles. The summed E-state index contributed by atoms with van der Waals surface area (Å²) in [7, 11) is 7.65. The van der Waals surface area contributed by atoms with E-state index in [2.05, 4.69) is 31.7 Å². The van der Waals surface area contributed by atoms with Crippen molar-refractivity contribution in [2.45, 2.75) is 46.3 Å². The van der Waals surface area contributed by atoms with Crippen LogP contribution < -0.4 is 20.7 Å². The molecule has 232 valence electrons. The summed E-state index contributed by atoms with van der Waals surface area (Å²) < 4.78 is 3.65. The average Bonchev–Trinajstić information content (AvgIpc) is 3.66. The summed E-state index contributed by atoms with van der Waals surface area (Å²) in [6.07, 6.45) is 8.30. The van der Waals surface area contributed by atoms with Gasteiger partial charge in [0.2, 0.25) is 0 Å². The number of hydrogen-bond acceptors (Lipinski definition) is 8. The smallest absolute Gasteiger partial charge is 0.276 e. The van der Waals surface area contributed by atoms with Gasteiger partial charge in [-0.25, -0.2) is 9.97 Å². The number of carbonyl (C=O) groups is 1. The zero-order valence-corrected chi connectivity index (χ0v) is 26.2. The first-order valence-corrected chi connectivity index (χ1v) is 15.6. The minimum absolute atomic E-state index is 0.111. The number of pyridine rings is 3. The van der Waals surface area contributed by atoms with E-state index in [0.29, 0.717) is 52.8 Å². The topological polar surface area (TPSA) is 112 Å². The Labute approximate surface area is 264 Å². The van der Waals surface area contributed by atoms with Gasteiger partial charge in [0.15, 0.2) is 7.98 Å².